The fraction of sp³-hybridized carbons (Fsp3) is 0.535. The Hall–Kier alpha value is -4.26. The largest absolute Gasteiger partial charge is 2.00 e. The molecule has 0 radical (unpaired) electrons. The second-order valence-corrected chi connectivity index (χ2v) is 16.5. The molecule has 2 amide bonds. The van der Waals surface area contributed by atoms with Crippen LogP contribution in [-0.2, 0) is 41.2 Å². The number of quaternary nitrogens is 1. The van der Waals surface area contributed by atoms with Crippen LogP contribution >= 0.6 is 0 Å². The van der Waals surface area contributed by atoms with Gasteiger partial charge in [-0.05, 0) is 39.2 Å². The van der Waals surface area contributed by atoms with Crippen molar-refractivity contribution in [3.63, 3.8) is 0 Å². The molecule has 0 fully saturated rings. The van der Waals surface area contributed by atoms with E-state index < -0.39 is 24.6 Å². The number of hydrogen-bond acceptors (Lipinski definition) is 9. The van der Waals surface area contributed by atoms with Crippen LogP contribution in [0, 0.1) is 13.8 Å². The van der Waals surface area contributed by atoms with Gasteiger partial charge in [0.15, 0.2) is 5.78 Å². The van der Waals surface area contributed by atoms with Crippen molar-refractivity contribution in [3.05, 3.63) is 68.8 Å². The Bertz CT molecular complexity index is 2210. The van der Waals surface area contributed by atoms with Crippen molar-refractivity contribution in [1.82, 2.24) is 30.6 Å². The quantitative estimate of drug-likeness (QED) is 0.0792. The Labute approximate surface area is 354 Å². The molecule has 0 saturated heterocycles. The maximum absolute atomic E-state index is 14.1. The van der Waals surface area contributed by atoms with Crippen molar-refractivity contribution in [1.29, 1.82) is 0 Å². The molecule has 3 aromatic rings. The fourth-order valence-corrected chi connectivity index (χ4v) is 7.95. The number of methoxy groups -OCH3 is 1. The van der Waals surface area contributed by atoms with Gasteiger partial charge in [-0.2, -0.15) is 0 Å². The number of ether oxygens (including phenoxy) is 1. The Balaban J connectivity index is 0.00000744. The van der Waals surface area contributed by atoms with Gasteiger partial charge >= 0.3 is 26.4 Å². The smallest absolute Gasteiger partial charge is 0.657 e. The maximum Gasteiger partial charge on any atom is 2.00 e. The van der Waals surface area contributed by atoms with Gasteiger partial charge in [0.1, 0.15) is 0 Å². The zero-order chi connectivity index (χ0) is 41.9. The summed E-state index contributed by atoms with van der Waals surface area (Å²) in [5, 5.41) is 25.4. The number of nitrogens with one attached hydrogen (secondary N) is 2. The molecule has 316 valence electrons. The number of carbonyl (C=O) groups is 4. The van der Waals surface area contributed by atoms with Gasteiger partial charge < -0.3 is 40.0 Å². The second kappa shape index (κ2) is 19.2. The summed E-state index contributed by atoms with van der Waals surface area (Å²) in [6, 6.07) is 5.63. The average molecular weight is 891 g/mol. The fourth-order valence-electron chi connectivity index (χ4n) is 7.95. The minimum absolute atomic E-state index is 0. The van der Waals surface area contributed by atoms with Crippen LogP contribution in [0.2, 0.25) is 0 Å². The van der Waals surface area contributed by atoms with Gasteiger partial charge in [-0.15, -0.1) is 22.1 Å². The number of ketones is 1. The molecule has 14 nitrogen and oxygen atoms in total. The van der Waals surface area contributed by atoms with E-state index in [0.717, 1.165) is 24.4 Å². The first-order chi connectivity index (χ1) is 26.9. The molecule has 0 aliphatic carbocycles. The van der Waals surface area contributed by atoms with E-state index in [0.29, 0.717) is 67.6 Å². The van der Waals surface area contributed by atoms with Gasteiger partial charge in [-0.3, -0.25) is 29.1 Å². The predicted molar refractivity (Wildman–Crippen MR) is 217 cm³/mol. The summed E-state index contributed by atoms with van der Waals surface area (Å²) in [4.78, 5) is 74.1. The van der Waals surface area contributed by atoms with E-state index in [9.17, 15) is 29.4 Å². The summed E-state index contributed by atoms with van der Waals surface area (Å²) in [7, 11) is 7.46. The average Bonchev–Trinajstić information content (AvgIpc) is 3.84. The van der Waals surface area contributed by atoms with Crippen LogP contribution in [0.25, 0.3) is 22.1 Å². The van der Waals surface area contributed by atoms with Crippen molar-refractivity contribution < 1.29 is 59.0 Å². The van der Waals surface area contributed by atoms with Gasteiger partial charge in [0.25, 0.3) is 0 Å². The van der Waals surface area contributed by atoms with Gasteiger partial charge in [0, 0.05) is 70.5 Å². The van der Waals surface area contributed by atoms with Crippen LogP contribution < -0.4 is 20.6 Å². The molecule has 5 heterocycles. The predicted octanol–water partition coefficient (Wildman–Crippen LogP) is 3.98. The first-order valence-corrected chi connectivity index (χ1v) is 19.8. The molecule has 2 aliphatic rings. The number of Topliss-reactive ketones (excluding diaryl/α,β-unsaturated/α-hetero) is 1. The van der Waals surface area contributed by atoms with Gasteiger partial charge in [-0.25, -0.2) is 0 Å². The standard InChI is InChI=1S/C43H59N7O7.Pd/c1-11-28-22(2)31-19-36-39(26(6)52)24(4)33(47-36)17-32-23(3)29(12-13-37(54)44-14-15-50(7,8)9)41(48-32)30(16-38(55)57-10)42-40(43(56)45-20-27(53)21-51)25(5)34(49-42)18-35(28)46-31;/h17-19,22-23,27-29,51,53H,11-16,20-21H2,1-10H3,(H3-,44,45,46,47,48,49,52,54,56);/q;+2/p-1/t22-,23+,27?,28-,29+;/m1./s1. The summed E-state index contributed by atoms with van der Waals surface area (Å²) >= 11 is 0. The number of nitrogens with zero attached hydrogens (tertiary/aromatic N) is 5. The third kappa shape index (κ3) is 10.1. The van der Waals surface area contributed by atoms with E-state index in [-0.39, 0.29) is 86.3 Å². The van der Waals surface area contributed by atoms with Crippen LogP contribution in [0.4, 0.5) is 0 Å². The monoisotopic (exact) mass is 890 g/mol. The number of hydrogen-bond donors (Lipinski definition) is 4. The molecule has 5 atom stereocenters. The van der Waals surface area contributed by atoms with Gasteiger partial charge in [0.05, 0.1) is 60.5 Å². The number of carbonyl (C=O) groups excluding carboxylic acids is 4. The number of aliphatic hydroxyl groups is 2. The molecule has 0 aromatic carbocycles. The van der Waals surface area contributed by atoms with E-state index in [2.05, 4.69) is 45.6 Å². The number of likely N-dealkylation sites (N-methyl/N-ethyl adjacent to an activating group) is 1. The second-order valence-electron chi connectivity index (χ2n) is 16.5. The van der Waals surface area contributed by atoms with E-state index >= 15 is 0 Å². The number of aromatic nitrogens is 4. The van der Waals surface area contributed by atoms with Crippen molar-refractivity contribution in [2.75, 3.05) is 54.5 Å². The molecule has 1 unspecified atom stereocenters. The number of fused-ring (bicyclic) bond motifs is 8. The van der Waals surface area contributed by atoms with Crippen LogP contribution in [-0.4, -0.2) is 109 Å². The van der Waals surface area contributed by atoms with E-state index in [1.165, 1.54) is 14.0 Å². The Morgan fingerprint density at radius 2 is 1.50 bits per heavy atom. The number of aryl methyl sites for hydroxylation is 2. The van der Waals surface area contributed by atoms with Crippen molar-refractivity contribution >= 4 is 45.6 Å². The summed E-state index contributed by atoms with van der Waals surface area (Å²) in [6.45, 7) is 11.9. The molecular formula is C43H58N7O7Pd+. The van der Waals surface area contributed by atoms with Crippen LogP contribution in [0.3, 0.4) is 0 Å². The molecule has 15 heteroatoms. The summed E-state index contributed by atoms with van der Waals surface area (Å²) < 4.78 is 5.89. The molecule has 0 spiro atoms. The number of rotatable bonds is 14. The normalized spacial score (nSPS) is 18.3. The maximum atomic E-state index is 14.1. The molecule has 2 aliphatic heterocycles. The molecule has 3 aromatic heterocycles. The minimum Gasteiger partial charge on any atom is -0.657 e. The number of esters is 1. The van der Waals surface area contributed by atoms with E-state index in [1.807, 2.05) is 32.0 Å². The third-order valence-corrected chi connectivity index (χ3v) is 11.4. The molecule has 8 bridgehead atoms. The Morgan fingerprint density at radius 1 is 0.897 bits per heavy atom. The molecule has 58 heavy (non-hydrogen) atoms. The topological polar surface area (TPSA) is 196 Å². The SMILES string of the molecule is CC[C@H]1c2cc3[n-]c(c(CC(=O)OC)c4nc(cc5[n-]c(cc(n2)[C@@H]1C)c(C(C)=O)c5C)[C@@H](C)[C@@H]4CCC(=O)NCC[N+](C)(C)C)c(C(=O)NCC(O)CO)c3C.[Pd+2]. The van der Waals surface area contributed by atoms with Crippen molar-refractivity contribution in [3.8, 4) is 0 Å². The third-order valence-electron chi connectivity index (χ3n) is 11.4. The van der Waals surface area contributed by atoms with E-state index in [1.54, 1.807) is 6.92 Å². The van der Waals surface area contributed by atoms with Crippen molar-refractivity contribution in [2.24, 2.45) is 0 Å². The summed E-state index contributed by atoms with van der Waals surface area (Å²) in [5.41, 5.74) is 6.80. The molecule has 5 rings (SSSR count). The summed E-state index contributed by atoms with van der Waals surface area (Å²) in [6.07, 6.45) is -0.148. The zero-order valence-electron chi connectivity index (χ0n) is 35.3. The molecule has 4 N–H and O–H groups in total. The number of aliphatic hydroxyl groups excluding tert-OH is 2. The Morgan fingerprint density at radius 3 is 2.12 bits per heavy atom. The summed E-state index contributed by atoms with van der Waals surface area (Å²) in [5.74, 6) is -2.02. The molecule has 0 saturated carbocycles. The van der Waals surface area contributed by atoms with Crippen molar-refractivity contribution in [2.45, 2.75) is 97.0 Å². The number of amides is 2. The van der Waals surface area contributed by atoms with Gasteiger partial charge in [-0.1, -0.05) is 50.1 Å². The van der Waals surface area contributed by atoms with Crippen LogP contribution in [0.15, 0.2) is 18.2 Å². The molecular weight excluding hydrogens is 833 g/mol. The first-order valence-electron chi connectivity index (χ1n) is 19.8. The van der Waals surface area contributed by atoms with Crippen LogP contribution in [0.1, 0.15) is 131 Å². The first kappa shape index (κ1) is 46.4. The minimum atomic E-state index is -1.19. The zero-order valence-corrected chi connectivity index (χ0v) is 36.8. The van der Waals surface area contributed by atoms with Gasteiger partial charge in [0.2, 0.25) is 11.8 Å². The Kier molecular flexibility index (Phi) is 15.4. The van der Waals surface area contributed by atoms with Crippen LogP contribution in [0.5, 0.6) is 0 Å². The van der Waals surface area contributed by atoms with E-state index in [4.69, 9.17) is 24.7 Å².